The number of nitrogens with zero attached hydrogens (tertiary/aromatic N) is 2. The standard InChI is InChI=1S/C15H21FN2/c1-12-10-13(16)5-6-15(12)18-9-3-8-17-7-2-4-14(17)11-18/h5-6,10,14H,2-4,7-9,11H2,1H3. The summed E-state index contributed by atoms with van der Waals surface area (Å²) in [5, 5.41) is 0. The van der Waals surface area contributed by atoms with Crippen molar-refractivity contribution in [2.24, 2.45) is 0 Å². The summed E-state index contributed by atoms with van der Waals surface area (Å²) in [5.41, 5.74) is 2.27. The lowest BCUT2D eigenvalue weighted by atomic mass is 10.1. The van der Waals surface area contributed by atoms with Gasteiger partial charge in [0.15, 0.2) is 0 Å². The molecule has 0 saturated carbocycles. The zero-order chi connectivity index (χ0) is 12.5. The maximum Gasteiger partial charge on any atom is 0.123 e. The molecule has 0 N–H and O–H groups in total. The van der Waals surface area contributed by atoms with E-state index in [4.69, 9.17) is 0 Å². The van der Waals surface area contributed by atoms with E-state index >= 15 is 0 Å². The summed E-state index contributed by atoms with van der Waals surface area (Å²) in [6.45, 7) is 6.70. The van der Waals surface area contributed by atoms with E-state index in [0.717, 1.165) is 18.7 Å². The summed E-state index contributed by atoms with van der Waals surface area (Å²) in [6.07, 6.45) is 3.87. The predicted molar refractivity (Wildman–Crippen MR) is 72.6 cm³/mol. The number of benzene rings is 1. The Morgan fingerprint density at radius 3 is 2.83 bits per heavy atom. The maximum atomic E-state index is 13.2. The van der Waals surface area contributed by atoms with Gasteiger partial charge in [-0.25, -0.2) is 4.39 Å². The van der Waals surface area contributed by atoms with Crippen LogP contribution in [0.2, 0.25) is 0 Å². The lowest BCUT2D eigenvalue weighted by molar-refractivity contribution is 0.273. The van der Waals surface area contributed by atoms with Crippen molar-refractivity contribution in [2.75, 3.05) is 31.1 Å². The largest absolute Gasteiger partial charge is 0.370 e. The summed E-state index contributed by atoms with van der Waals surface area (Å²) in [5.74, 6) is -0.131. The Balaban J connectivity index is 1.82. The fraction of sp³-hybridized carbons (Fsp3) is 0.600. The van der Waals surface area contributed by atoms with Crippen LogP contribution in [0.1, 0.15) is 24.8 Å². The lowest BCUT2D eigenvalue weighted by Gasteiger charge is -2.28. The van der Waals surface area contributed by atoms with Gasteiger partial charge < -0.3 is 4.90 Å². The molecule has 1 atom stereocenters. The van der Waals surface area contributed by atoms with E-state index in [1.165, 1.54) is 38.0 Å². The fourth-order valence-electron chi connectivity index (χ4n) is 3.40. The molecule has 0 aliphatic carbocycles. The van der Waals surface area contributed by atoms with Crippen molar-refractivity contribution < 1.29 is 4.39 Å². The van der Waals surface area contributed by atoms with E-state index in [0.29, 0.717) is 6.04 Å². The van der Waals surface area contributed by atoms with Crippen molar-refractivity contribution in [2.45, 2.75) is 32.2 Å². The van der Waals surface area contributed by atoms with Gasteiger partial charge in [0, 0.05) is 31.4 Å². The van der Waals surface area contributed by atoms with Gasteiger partial charge in [-0.2, -0.15) is 0 Å². The monoisotopic (exact) mass is 248 g/mol. The highest BCUT2D eigenvalue weighted by Crippen LogP contribution is 2.27. The Morgan fingerprint density at radius 1 is 1.17 bits per heavy atom. The van der Waals surface area contributed by atoms with E-state index in [9.17, 15) is 4.39 Å². The fourth-order valence-corrected chi connectivity index (χ4v) is 3.40. The third-order valence-electron chi connectivity index (χ3n) is 4.30. The molecular weight excluding hydrogens is 227 g/mol. The summed E-state index contributed by atoms with van der Waals surface area (Å²) < 4.78 is 13.2. The van der Waals surface area contributed by atoms with Crippen LogP contribution >= 0.6 is 0 Å². The molecule has 1 aromatic carbocycles. The van der Waals surface area contributed by atoms with Crippen molar-refractivity contribution in [1.82, 2.24) is 4.90 Å². The molecule has 2 aliphatic heterocycles. The Kier molecular flexibility index (Phi) is 3.25. The van der Waals surface area contributed by atoms with Crippen molar-refractivity contribution >= 4 is 5.69 Å². The highest BCUT2D eigenvalue weighted by Gasteiger charge is 2.29. The van der Waals surface area contributed by atoms with Gasteiger partial charge in [-0.3, -0.25) is 4.90 Å². The number of anilines is 1. The van der Waals surface area contributed by atoms with Gasteiger partial charge in [0.05, 0.1) is 0 Å². The molecule has 0 bridgehead atoms. The van der Waals surface area contributed by atoms with Crippen LogP contribution in [0.15, 0.2) is 18.2 Å². The van der Waals surface area contributed by atoms with Gasteiger partial charge in [0.25, 0.3) is 0 Å². The van der Waals surface area contributed by atoms with Crippen LogP contribution in [0.25, 0.3) is 0 Å². The Morgan fingerprint density at radius 2 is 2.00 bits per heavy atom. The first-order chi connectivity index (χ1) is 8.74. The molecule has 0 amide bonds. The number of hydrogen-bond acceptors (Lipinski definition) is 2. The molecule has 2 fully saturated rings. The first-order valence-electron chi connectivity index (χ1n) is 6.99. The van der Waals surface area contributed by atoms with Crippen LogP contribution in [0.4, 0.5) is 10.1 Å². The van der Waals surface area contributed by atoms with E-state index < -0.39 is 0 Å². The molecule has 2 heterocycles. The van der Waals surface area contributed by atoms with E-state index in [-0.39, 0.29) is 5.82 Å². The molecule has 3 rings (SSSR count). The van der Waals surface area contributed by atoms with Crippen LogP contribution in [0.3, 0.4) is 0 Å². The smallest absolute Gasteiger partial charge is 0.123 e. The maximum absolute atomic E-state index is 13.2. The Hall–Kier alpha value is -1.09. The molecule has 2 saturated heterocycles. The molecule has 1 unspecified atom stereocenters. The zero-order valence-electron chi connectivity index (χ0n) is 11.0. The second kappa shape index (κ2) is 4.88. The normalized spacial score (nSPS) is 25.0. The predicted octanol–water partition coefficient (Wildman–Crippen LogP) is 2.81. The lowest BCUT2D eigenvalue weighted by Crippen LogP contribution is -2.36. The van der Waals surface area contributed by atoms with Crippen LogP contribution in [0.5, 0.6) is 0 Å². The van der Waals surface area contributed by atoms with Gasteiger partial charge in [-0.1, -0.05) is 0 Å². The van der Waals surface area contributed by atoms with Crippen molar-refractivity contribution in [1.29, 1.82) is 0 Å². The van der Waals surface area contributed by atoms with Crippen molar-refractivity contribution in [3.05, 3.63) is 29.6 Å². The third-order valence-corrected chi connectivity index (χ3v) is 4.30. The zero-order valence-corrected chi connectivity index (χ0v) is 11.0. The van der Waals surface area contributed by atoms with Gasteiger partial charge in [-0.05, 0) is 56.5 Å². The minimum Gasteiger partial charge on any atom is -0.370 e. The minimum atomic E-state index is -0.131. The number of rotatable bonds is 1. The molecule has 98 valence electrons. The highest BCUT2D eigenvalue weighted by molar-refractivity contribution is 5.53. The molecule has 0 aromatic heterocycles. The molecule has 0 spiro atoms. The first kappa shape index (κ1) is 12.0. The Labute approximate surface area is 108 Å². The number of hydrogen-bond donors (Lipinski definition) is 0. The number of halogens is 1. The third kappa shape index (κ3) is 2.24. The summed E-state index contributed by atoms with van der Waals surface area (Å²) in [4.78, 5) is 5.07. The topological polar surface area (TPSA) is 6.48 Å². The van der Waals surface area contributed by atoms with E-state index in [1.54, 1.807) is 12.1 Å². The number of aryl methyl sites for hydroxylation is 1. The number of fused-ring (bicyclic) bond motifs is 1. The van der Waals surface area contributed by atoms with Gasteiger partial charge in [-0.15, -0.1) is 0 Å². The second-order valence-electron chi connectivity index (χ2n) is 5.56. The molecule has 0 radical (unpaired) electrons. The van der Waals surface area contributed by atoms with Crippen LogP contribution in [-0.2, 0) is 0 Å². The minimum absolute atomic E-state index is 0.131. The first-order valence-corrected chi connectivity index (χ1v) is 6.99. The van der Waals surface area contributed by atoms with Gasteiger partial charge in [0.1, 0.15) is 5.82 Å². The summed E-state index contributed by atoms with van der Waals surface area (Å²) in [7, 11) is 0. The van der Waals surface area contributed by atoms with Crippen LogP contribution < -0.4 is 4.90 Å². The Bertz CT molecular complexity index is 433. The molecule has 1 aromatic rings. The SMILES string of the molecule is Cc1cc(F)ccc1N1CCCN2CCCC2C1. The second-order valence-corrected chi connectivity index (χ2v) is 5.56. The van der Waals surface area contributed by atoms with Crippen LogP contribution in [0, 0.1) is 12.7 Å². The average Bonchev–Trinajstić information content (AvgIpc) is 2.67. The summed E-state index contributed by atoms with van der Waals surface area (Å²) in [6, 6.07) is 5.87. The van der Waals surface area contributed by atoms with Crippen molar-refractivity contribution in [3.63, 3.8) is 0 Å². The van der Waals surface area contributed by atoms with Gasteiger partial charge >= 0.3 is 0 Å². The van der Waals surface area contributed by atoms with Gasteiger partial charge in [0.2, 0.25) is 0 Å². The molecule has 2 nitrogen and oxygen atoms in total. The summed E-state index contributed by atoms with van der Waals surface area (Å²) >= 11 is 0. The highest BCUT2D eigenvalue weighted by atomic mass is 19.1. The van der Waals surface area contributed by atoms with E-state index in [1.807, 2.05) is 13.0 Å². The van der Waals surface area contributed by atoms with Crippen LogP contribution in [-0.4, -0.2) is 37.1 Å². The van der Waals surface area contributed by atoms with E-state index in [2.05, 4.69) is 9.80 Å². The molecule has 2 aliphatic rings. The molecule has 3 heteroatoms. The molecular formula is C15H21FN2. The quantitative estimate of drug-likeness (QED) is 0.754. The van der Waals surface area contributed by atoms with Crippen molar-refractivity contribution in [3.8, 4) is 0 Å². The molecule has 18 heavy (non-hydrogen) atoms. The average molecular weight is 248 g/mol.